The summed E-state index contributed by atoms with van der Waals surface area (Å²) in [6.07, 6.45) is 2.24. The van der Waals surface area contributed by atoms with Crippen LogP contribution < -0.4 is 10.6 Å². The quantitative estimate of drug-likeness (QED) is 0.363. The average Bonchev–Trinajstić information content (AvgIpc) is 3.00. The summed E-state index contributed by atoms with van der Waals surface area (Å²) in [5.74, 6) is 2.37. The van der Waals surface area contributed by atoms with Crippen molar-refractivity contribution >= 4 is 29.9 Å². The highest BCUT2D eigenvalue weighted by molar-refractivity contribution is 14.0. The van der Waals surface area contributed by atoms with Crippen molar-refractivity contribution in [2.75, 3.05) is 19.6 Å². The molecule has 1 aromatic carbocycles. The Balaban J connectivity index is 0.00000280. The maximum atomic E-state index is 5.62. The predicted molar refractivity (Wildman–Crippen MR) is 124 cm³/mol. The van der Waals surface area contributed by atoms with E-state index in [0.29, 0.717) is 18.5 Å². The number of hydrogen-bond acceptors (Lipinski definition) is 4. The standard InChI is InChI=1S/C21H31N5O.HI/c1-4-22-21(23-14-20-24-16(2)17(3)27-20)25-19-10-12-26(13-11-19)15-18-8-6-5-7-9-18;/h5-9,19H,4,10-15H2,1-3H3,(H2,22,23,25);1H. The van der Waals surface area contributed by atoms with E-state index < -0.39 is 0 Å². The number of likely N-dealkylation sites (tertiary alicyclic amines) is 1. The summed E-state index contributed by atoms with van der Waals surface area (Å²) < 4.78 is 5.62. The van der Waals surface area contributed by atoms with Crippen LogP contribution >= 0.6 is 24.0 Å². The molecule has 28 heavy (non-hydrogen) atoms. The van der Waals surface area contributed by atoms with Gasteiger partial charge in [0.2, 0.25) is 5.89 Å². The molecule has 154 valence electrons. The van der Waals surface area contributed by atoms with E-state index in [0.717, 1.165) is 56.4 Å². The lowest BCUT2D eigenvalue weighted by Gasteiger charge is -2.33. The van der Waals surface area contributed by atoms with E-state index in [2.05, 4.69) is 62.8 Å². The number of benzene rings is 1. The Morgan fingerprint density at radius 3 is 2.54 bits per heavy atom. The topological polar surface area (TPSA) is 65.7 Å². The monoisotopic (exact) mass is 497 g/mol. The third-order valence-electron chi connectivity index (χ3n) is 4.97. The van der Waals surface area contributed by atoms with Gasteiger partial charge in [-0.1, -0.05) is 30.3 Å². The van der Waals surface area contributed by atoms with Gasteiger partial charge in [-0.05, 0) is 39.2 Å². The zero-order valence-electron chi connectivity index (χ0n) is 17.1. The summed E-state index contributed by atoms with van der Waals surface area (Å²) in [5, 5.41) is 6.90. The summed E-state index contributed by atoms with van der Waals surface area (Å²) in [6, 6.07) is 11.1. The molecular formula is C21H32IN5O. The molecule has 0 spiro atoms. The van der Waals surface area contributed by atoms with E-state index in [-0.39, 0.29) is 24.0 Å². The Labute approximate surface area is 185 Å². The fraction of sp³-hybridized carbons (Fsp3) is 0.524. The van der Waals surface area contributed by atoms with Gasteiger partial charge in [0.1, 0.15) is 12.3 Å². The van der Waals surface area contributed by atoms with Crippen molar-refractivity contribution in [1.82, 2.24) is 20.5 Å². The van der Waals surface area contributed by atoms with Gasteiger partial charge in [0, 0.05) is 32.2 Å². The highest BCUT2D eigenvalue weighted by atomic mass is 127. The minimum atomic E-state index is 0. The second kappa shape index (κ2) is 11.4. The first-order valence-electron chi connectivity index (χ1n) is 9.88. The van der Waals surface area contributed by atoms with Crippen LogP contribution in [0, 0.1) is 13.8 Å². The number of oxazole rings is 1. The maximum Gasteiger partial charge on any atom is 0.216 e. The third-order valence-corrected chi connectivity index (χ3v) is 4.97. The number of halogens is 1. The molecular weight excluding hydrogens is 465 g/mol. The van der Waals surface area contributed by atoms with Crippen molar-refractivity contribution in [1.29, 1.82) is 0 Å². The maximum absolute atomic E-state index is 5.62. The van der Waals surface area contributed by atoms with Crippen LogP contribution in [0.2, 0.25) is 0 Å². The second-order valence-corrected chi connectivity index (χ2v) is 7.12. The molecule has 0 amide bonds. The minimum absolute atomic E-state index is 0. The Hall–Kier alpha value is -1.61. The van der Waals surface area contributed by atoms with Gasteiger partial charge in [0.15, 0.2) is 5.96 Å². The molecule has 2 heterocycles. The molecule has 0 saturated carbocycles. The van der Waals surface area contributed by atoms with Gasteiger partial charge < -0.3 is 15.1 Å². The normalized spacial score (nSPS) is 15.9. The van der Waals surface area contributed by atoms with Gasteiger partial charge in [0.05, 0.1) is 5.69 Å². The summed E-state index contributed by atoms with van der Waals surface area (Å²) in [6.45, 7) is 10.5. The Bertz CT molecular complexity index is 719. The second-order valence-electron chi connectivity index (χ2n) is 7.12. The fourth-order valence-electron chi connectivity index (χ4n) is 3.34. The van der Waals surface area contributed by atoms with Crippen molar-refractivity contribution in [3.05, 3.63) is 53.2 Å². The van der Waals surface area contributed by atoms with Gasteiger partial charge in [0.25, 0.3) is 0 Å². The lowest BCUT2D eigenvalue weighted by Crippen LogP contribution is -2.48. The van der Waals surface area contributed by atoms with Crippen LogP contribution in [0.1, 0.15) is 42.7 Å². The zero-order valence-corrected chi connectivity index (χ0v) is 19.4. The first kappa shape index (κ1) is 22.7. The Morgan fingerprint density at radius 1 is 1.21 bits per heavy atom. The van der Waals surface area contributed by atoms with Crippen molar-refractivity contribution in [3.63, 3.8) is 0 Å². The first-order chi connectivity index (χ1) is 13.1. The molecule has 1 aliphatic heterocycles. The Morgan fingerprint density at radius 2 is 1.93 bits per heavy atom. The number of piperidine rings is 1. The molecule has 1 fully saturated rings. The molecule has 1 aliphatic rings. The molecule has 0 radical (unpaired) electrons. The SMILES string of the molecule is CCNC(=NCc1nc(C)c(C)o1)NC1CCN(Cc2ccccc2)CC1.I. The number of hydrogen-bond donors (Lipinski definition) is 2. The third kappa shape index (κ3) is 6.77. The first-order valence-corrected chi connectivity index (χ1v) is 9.88. The molecule has 1 saturated heterocycles. The molecule has 3 rings (SSSR count). The summed E-state index contributed by atoms with van der Waals surface area (Å²) >= 11 is 0. The molecule has 6 nitrogen and oxygen atoms in total. The number of rotatable bonds is 6. The summed E-state index contributed by atoms with van der Waals surface area (Å²) in [4.78, 5) is 11.6. The smallest absolute Gasteiger partial charge is 0.216 e. The minimum Gasteiger partial charge on any atom is -0.444 e. The van der Waals surface area contributed by atoms with E-state index in [4.69, 9.17) is 4.42 Å². The predicted octanol–water partition coefficient (Wildman–Crippen LogP) is 3.63. The molecule has 0 aliphatic carbocycles. The molecule has 0 bridgehead atoms. The molecule has 2 N–H and O–H groups in total. The highest BCUT2D eigenvalue weighted by Crippen LogP contribution is 2.14. The van der Waals surface area contributed by atoms with E-state index >= 15 is 0 Å². The van der Waals surface area contributed by atoms with Gasteiger partial charge in [-0.15, -0.1) is 24.0 Å². The molecule has 2 aromatic rings. The summed E-state index contributed by atoms with van der Waals surface area (Å²) in [5.41, 5.74) is 2.32. The van der Waals surface area contributed by atoms with Crippen LogP contribution in [0.4, 0.5) is 0 Å². The number of guanidine groups is 1. The molecule has 1 aromatic heterocycles. The van der Waals surface area contributed by atoms with E-state index in [1.165, 1.54) is 5.56 Å². The van der Waals surface area contributed by atoms with Crippen molar-refractivity contribution in [2.45, 2.75) is 52.7 Å². The zero-order chi connectivity index (χ0) is 19.1. The highest BCUT2D eigenvalue weighted by Gasteiger charge is 2.20. The van der Waals surface area contributed by atoms with Crippen molar-refractivity contribution in [2.24, 2.45) is 4.99 Å². The lowest BCUT2D eigenvalue weighted by atomic mass is 10.0. The van der Waals surface area contributed by atoms with Crippen molar-refractivity contribution < 1.29 is 4.42 Å². The van der Waals surface area contributed by atoms with Crippen LogP contribution in [0.15, 0.2) is 39.7 Å². The van der Waals surface area contributed by atoms with Crippen LogP contribution in [0.3, 0.4) is 0 Å². The average molecular weight is 497 g/mol. The fourth-order valence-corrected chi connectivity index (χ4v) is 3.34. The number of nitrogens with zero attached hydrogens (tertiary/aromatic N) is 3. The van der Waals surface area contributed by atoms with E-state index in [9.17, 15) is 0 Å². The number of aromatic nitrogens is 1. The van der Waals surface area contributed by atoms with Gasteiger partial charge in [-0.25, -0.2) is 9.98 Å². The lowest BCUT2D eigenvalue weighted by molar-refractivity contribution is 0.198. The van der Waals surface area contributed by atoms with Gasteiger partial charge in [-0.3, -0.25) is 4.90 Å². The van der Waals surface area contributed by atoms with E-state index in [1.54, 1.807) is 0 Å². The number of aliphatic imine (C=N–C) groups is 1. The van der Waals surface area contributed by atoms with Crippen LogP contribution in [-0.2, 0) is 13.1 Å². The molecule has 7 heteroatoms. The molecule has 0 atom stereocenters. The van der Waals surface area contributed by atoms with Crippen LogP contribution in [0.25, 0.3) is 0 Å². The summed E-state index contributed by atoms with van der Waals surface area (Å²) in [7, 11) is 0. The van der Waals surface area contributed by atoms with Crippen LogP contribution in [0.5, 0.6) is 0 Å². The number of nitrogens with one attached hydrogen (secondary N) is 2. The number of aryl methyl sites for hydroxylation is 2. The largest absolute Gasteiger partial charge is 0.444 e. The van der Waals surface area contributed by atoms with E-state index in [1.807, 2.05) is 13.8 Å². The van der Waals surface area contributed by atoms with Gasteiger partial charge in [-0.2, -0.15) is 0 Å². The van der Waals surface area contributed by atoms with Gasteiger partial charge >= 0.3 is 0 Å². The molecule has 0 unspecified atom stereocenters. The Kier molecular flexibility index (Phi) is 9.24. The van der Waals surface area contributed by atoms with Crippen LogP contribution in [-0.4, -0.2) is 41.5 Å². The van der Waals surface area contributed by atoms with Crippen molar-refractivity contribution in [3.8, 4) is 0 Å².